The minimum atomic E-state index is -0.671. The Morgan fingerprint density at radius 1 is 1.19 bits per heavy atom. The normalized spacial score (nSPS) is 19.7. The second-order valence-corrected chi connectivity index (χ2v) is 8.10. The van der Waals surface area contributed by atoms with Crippen LogP contribution in [0.2, 0.25) is 0 Å². The number of rotatable bonds is 7. The van der Waals surface area contributed by atoms with E-state index < -0.39 is 12.2 Å². The summed E-state index contributed by atoms with van der Waals surface area (Å²) in [4.78, 5) is 14.4. The molecule has 1 amide bonds. The second-order valence-electron chi connectivity index (χ2n) is 8.10. The molecule has 2 aromatic carbocycles. The van der Waals surface area contributed by atoms with Gasteiger partial charge in [0.1, 0.15) is 18.5 Å². The summed E-state index contributed by atoms with van der Waals surface area (Å²) in [6.07, 6.45) is 4.07. The maximum Gasteiger partial charge on any atom is 0.246 e. The number of aliphatic hydroxyl groups is 1. The fraction of sp³-hybridized carbons (Fsp3) is 0.400. The number of aliphatic hydroxyl groups excluding tert-OH is 1. The first-order valence-corrected chi connectivity index (χ1v) is 11.0. The van der Waals surface area contributed by atoms with Crippen LogP contribution in [0.5, 0.6) is 17.2 Å². The highest BCUT2D eigenvalue weighted by atomic mass is 16.6. The zero-order valence-electron chi connectivity index (χ0n) is 18.3. The second kappa shape index (κ2) is 10.5. The fourth-order valence-corrected chi connectivity index (χ4v) is 3.94. The van der Waals surface area contributed by atoms with Crippen LogP contribution in [-0.2, 0) is 4.79 Å². The molecule has 2 atom stereocenters. The number of hydrogen-bond donors (Lipinski definition) is 2. The Kier molecular flexibility index (Phi) is 7.29. The van der Waals surface area contributed by atoms with Gasteiger partial charge in [-0.1, -0.05) is 24.3 Å². The molecule has 0 radical (unpaired) electrons. The molecule has 0 bridgehead atoms. The largest absolute Gasteiger partial charge is 0.497 e. The molecule has 2 N–H and O–H groups in total. The summed E-state index contributed by atoms with van der Waals surface area (Å²) in [5.74, 6) is 2.19. The van der Waals surface area contributed by atoms with Crippen molar-refractivity contribution in [1.82, 2.24) is 10.2 Å². The molecule has 2 heterocycles. The van der Waals surface area contributed by atoms with Gasteiger partial charge < -0.3 is 29.5 Å². The number of nitrogens with zero attached hydrogens (tertiary/aromatic N) is 1. The Labute approximate surface area is 188 Å². The van der Waals surface area contributed by atoms with E-state index >= 15 is 0 Å². The molecule has 1 saturated heterocycles. The monoisotopic (exact) mass is 438 g/mol. The number of likely N-dealkylation sites (tertiary alicyclic amines) is 1. The van der Waals surface area contributed by atoms with Gasteiger partial charge in [-0.3, -0.25) is 4.79 Å². The van der Waals surface area contributed by atoms with Crippen molar-refractivity contribution in [2.24, 2.45) is 0 Å². The number of fused-ring (bicyclic) bond motifs is 1. The molecule has 170 valence electrons. The number of piperidine rings is 1. The molecular weight excluding hydrogens is 408 g/mol. The minimum Gasteiger partial charge on any atom is -0.497 e. The number of hydrogen-bond acceptors (Lipinski definition) is 6. The van der Waals surface area contributed by atoms with E-state index in [-0.39, 0.29) is 11.9 Å². The molecule has 7 nitrogen and oxygen atoms in total. The van der Waals surface area contributed by atoms with Crippen molar-refractivity contribution in [1.29, 1.82) is 0 Å². The molecule has 0 aliphatic carbocycles. The highest BCUT2D eigenvalue weighted by Crippen LogP contribution is 2.31. The number of ether oxygens (including phenoxy) is 3. The standard InChI is InChI=1S/C25H30N2O5/c1-30-20-9-6-18(7-10-20)8-11-25(29)27-14-12-19(13-15-27)26-16-21(28)24-17-31-22-4-2-3-5-23(22)32-24/h2-11,19,21,24,26,28H,12-17H2,1H3. The fourth-order valence-electron chi connectivity index (χ4n) is 3.94. The average Bonchev–Trinajstić information content (AvgIpc) is 2.86. The Bertz CT molecular complexity index is 922. The van der Waals surface area contributed by atoms with Gasteiger partial charge in [0.05, 0.1) is 7.11 Å². The predicted molar refractivity (Wildman–Crippen MR) is 122 cm³/mol. The molecule has 2 aliphatic heterocycles. The maximum atomic E-state index is 12.5. The number of benzene rings is 2. The Morgan fingerprint density at radius 2 is 1.91 bits per heavy atom. The smallest absolute Gasteiger partial charge is 0.246 e. The highest BCUT2D eigenvalue weighted by molar-refractivity contribution is 5.91. The first-order chi connectivity index (χ1) is 15.6. The van der Waals surface area contributed by atoms with Crippen LogP contribution in [0.1, 0.15) is 18.4 Å². The minimum absolute atomic E-state index is 0.0192. The predicted octanol–water partition coefficient (Wildman–Crippen LogP) is 2.49. The molecule has 0 aromatic heterocycles. The van der Waals surface area contributed by atoms with Gasteiger partial charge in [-0.25, -0.2) is 0 Å². The summed E-state index contributed by atoms with van der Waals surface area (Å²) in [5.41, 5.74) is 0.959. The van der Waals surface area contributed by atoms with Crippen molar-refractivity contribution in [3.05, 3.63) is 60.2 Å². The van der Waals surface area contributed by atoms with Crippen molar-refractivity contribution in [3.63, 3.8) is 0 Å². The summed E-state index contributed by atoms with van der Waals surface area (Å²) in [5, 5.41) is 13.9. The van der Waals surface area contributed by atoms with E-state index in [9.17, 15) is 9.90 Å². The Morgan fingerprint density at radius 3 is 2.62 bits per heavy atom. The highest BCUT2D eigenvalue weighted by Gasteiger charge is 2.29. The first kappa shape index (κ1) is 22.2. The zero-order valence-corrected chi connectivity index (χ0v) is 18.3. The third kappa shape index (κ3) is 5.60. The average molecular weight is 439 g/mol. The number of carbonyl (C=O) groups excluding carboxylic acids is 1. The molecule has 4 rings (SSSR count). The van der Waals surface area contributed by atoms with Crippen LogP contribution in [0.4, 0.5) is 0 Å². The molecule has 2 unspecified atom stereocenters. The van der Waals surface area contributed by atoms with E-state index in [1.165, 1.54) is 0 Å². The SMILES string of the molecule is COc1ccc(C=CC(=O)N2CCC(NCC(O)C3COc4ccccc4O3)CC2)cc1. The number of nitrogens with one attached hydrogen (secondary N) is 1. The lowest BCUT2D eigenvalue weighted by Gasteiger charge is -2.34. The third-order valence-corrected chi connectivity index (χ3v) is 5.92. The summed E-state index contributed by atoms with van der Waals surface area (Å²) in [6, 6.07) is 15.3. The quantitative estimate of drug-likeness (QED) is 0.647. The van der Waals surface area contributed by atoms with Crippen LogP contribution in [0, 0.1) is 0 Å². The van der Waals surface area contributed by atoms with Crippen molar-refractivity contribution in [2.45, 2.75) is 31.1 Å². The van der Waals surface area contributed by atoms with Crippen molar-refractivity contribution in [2.75, 3.05) is 33.4 Å². The lowest BCUT2D eigenvalue weighted by atomic mass is 10.0. The van der Waals surface area contributed by atoms with E-state index in [1.807, 2.05) is 59.5 Å². The molecule has 32 heavy (non-hydrogen) atoms. The summed E-state index contributed by atoms with van der Waals surface area (Å²) >= 11 is 0. The first-order valence-electron chi connectivity index (χ1n) is 11.0. The van der Waals surface area contributed by atoms with Crippen molar-refractivity contribution >= 4 is 12.0 Å². The van der Waals surface area contributed by atoms with Crippen molar-refractivity contribution in [3.8, 4) is 17.2 Å². The molecule has 7 heteroatoms. The Balaban J connectivity index is 1.18. The summed E-state index contributed by atoms with van der Waals surface area (Å²) in [7, 11) is 1.63. The van der Waals surface area contributed by atoms with Crippen LogP contribution in [0.3, 0.4) is 0 Å². The lowest BCUT2D eigenvalue weighted by Crippen LogP contribution is -2.50. The molecular formula is C25H30N2O5. The Hall–Kier alpha value is -3.03. The van der Waals surface area contributed by atoms with Gasteiger partial charge in [0.2, 0.25) is 5.91 Å². The zero-order chi connectivity index (χ0) is 22.3. The molecule has 0 saturated carbocycles. The van der Waals surface area contributed by atoms with E-state index in [0.717, 1.165) is 24.2 Å². The van der Waals surface area contributed by atoms with E-state index in [4.69, 9.17) is 14.2 Å². The number of carbonyl (C=O) groups is 1. The lowest BCUT2D eigenvalue weighted by molar-refractivity contribution is -0.127. The van der Waals surface area contributed by atoms with E-state index in [1.54, 1.807) is 13.2 Å². The van der Waals surface area contributed by atoms with E-state index in [2.05, 4.69) is 5.32 Å². The summed E-state index contributed by atoms with van der Waals surface area (Å²) < 4.78 is 16.7. The topological polar surface area (TPSA) is 80.3 Å². The number of para-hydroxylation sites is 2. The van der Waals surface area contributed by atoms with Crippen LogP contribution >= 0.6 is 0 Å². The molecule has 2 aliphatic rings. The van der Waals surface area contributed by atoms with Gasteiger partial charge in [0, 0.05) is 31.8 Å². The molecule has 2 aromatic rings. The third-order valence-electron chi connectivity index (χ3n) is 5.92. The van der Waals surface area contributed by atoms with Gasteiger partial charge in [0.15, 0.2) is 17.6 Å². The maximum absolute atomic E-state index is 12.5. The van der Waals surface area contributed by atoms with E-state index in [0.29, 0.717) is 37.7 Å². The van der Waals surface area contributed by atoms with Gasteiger partial charge in [0.25, 0.3) is 0 Å². The van der Waals surface area contributed by atoms with Gasteiger partial charge in [-0.05, 0) is 48.7 Å². The number of amides is 1. The molecule has 0 spiro atoms. The van der Waals surface area contributed by atoms with Gasteiger partial charge in [-0.15, -0.1) is 0 Å². The molecule has 1 fully saturated rings. The van der Waals surface area contributed by atoms with Crippen molar-refractivity contribution < 1.29 is 24.1 Å². The van der Waals surface area contributed by atoms with Crippen LogP contribution in [0.15, 0.2) is 54.6 Å². The van der Waals surface area contributed by atoms with Crippen LogP contribution in [-0.4, -0.2) is 67.5 Å². The van der Waals surface area contributed by atoms with Crippen LogP contribution < -0.4 is 19.5 Å². The summed E-state index contributed by atoms with van der Waals surface area (Å²) in [6.45, 7) is 2.13. The van der Waals surface area contributed by atoms with Crippen LogP contribution in [0.25, 0.3) is 6.08 Å². The van der Waals surface area contributed by atoms with Gasteiger partial charge in [-0.2, -0.15) is 0 Å². The number of methoxy groups -OCH3 is 1. The van der Waals surface area contributed by atoms with Gasteiger partial charge >= 0.3 is 0 Å².